The van der Waals surface area contributed by atoms with Gasteiger partial charge in [-0.15, -0.1) is 0 Å². The SMILES string of the molecule is N#Cc1ccccc1COC(=O)C[C@H](NC(=O)c1ccccc1Cl)c1ccccc1. The number of benzene rings is 3. The molecule has 0 saturated carbocycles. The van der Waals surface area contributed by atoms with E-state index in [1.54, 1.807) is 48.5 Å². The largest absolute Gasteiger partial charge is 0.461 e. The molecule has 3 rings (SSSR count). The molecule has 0 unspecified atom stereocenters. The van der Waals surface area contributed by atoms with Gasteiger partial charge in [-0.2, -0.15) is 5.26 Å². The molecule has 0 bridgehead atoms. The lowest BCUT2D eigenvalue weighted by molar-refractivity contribution is -0.145. The first-order valence-electron chi connectivity index (χ1n) is 9.32. The molecule has 0 aliphatic carbocycles. The van der Waals surface area contributed by atoms with E-state index in [1.807, 2.05) is 30.3 Å². The van der Waals surface area contributed by atoms with Gasteiger partial charge in [-0.3, -0.25) is 9.59 Å². The van der Waals surface area contributed by atoms with Crippen LogP contribution in [0.4, 0.5) is 0 Å². The Labute approximate surface area is 179 Å². The summed E-state index contributed by atoms with van der Waals surface area (Å²) in [6, 6.07) is 24.3. The Balaban J connectivity index is 1.71. The van der Waals surface area contributed by atoms with Gasteiger partial charge in [0.2, 0.25) is 0 Å². The fourth-order valence-corrected chi connectivity index (χ4v) is 3.18. The summed E-state index contributed by atoms with van der Waals surface area (Å²) in [5, 5.41) is 12.4. The van der Waals surface area contributed by atoms with E-state index in [1.165, 1.54) is 0 Å². The molecule has 6 heteroatoms. The number of amides is 1. The molecule has 0 heterocycles. The lowest BCUT2D eigenvalue weighted by atomic mass is 10.0. The van der Waals surface area contributed by atoms with Gasteiger partial charge in [0, 0.05) is 5.56 Å². The molecule has 3 aromatic carbocycles. The van der Waals surface area contributed by atoms with Crippen molar-refractivity contribution in [3.63, 3.8) is 0 Å². The van der Waals surface area contributed by atoms with E-state index in [4.69, 9.17) is 21.6 Å². The van der Waals surface area contributed by atoms with Crippen LogP contribution >= 0.6 is 11.6 Å². The fourth-order valence-electron chi connectivity index (χ4n) is 2.96. The fraction of sp³-hybridized carbons (Fsp3) is 0.125. The van der Waals surface area contributed by atoms with Crippen LogP contribution in [0.3, 0.4) is 0 Å². The van der Waals surface area contributed by atoms with Gasteiger partial charge in [-0.05, 0) is 23.8 Å². The monoisotopic (exact) mass is 418 g/mol. The molecule has 0 spiro atoms. The third-order valence-corrected chi connectivity index (χ3v) is 4.85. The summed E-state index contributed by atoms with van der Waals surface area (Å²) in [7, 11) is 0. The summed E-state index contributed by atoms with van der Waals surface area (Å²) >= 11 is 6.12. The van der Waals surface area contributed by atoms with Gasteiger partial charge in [0.25, 0.3) is 5.91 Å². The molecular weight excluding hydrogens is 400 g/mol. The number of hydrogen-bond acceptors (Lipinski definition) is 4. The highest BCUT2D eigenvalue weighted by Crippen LogP contribution is 2.21. The quantitative estimate of drug-likeness (QED) is 0.558. The van der Waals surface area contributed by atoms with E-state index in [9.17, 15) is 9.59 Å². The van der Waals surface area contributed by atoms with Crippen LogP contribution in [0.15, 0.2) is 78.9 Å². The van der Waals surface area contributed by atoms with Gasteiger partial charge < -0.3 is 10.1 Å². The van der Waals surface area contributed by atoms with Crippen molar-refractivity contribution in [2.24, 2.45) is 0 Å². The zero-order chi connectivity index (χ0) is 21.3. The summed E-state index contributed by atoms with van der Waals surface area (Å²) in [6.07, 6.45) is -0.0606. The maximum atomic E-state index is 12.7. The number of rotatable bonds is 7. The van der Waals surface area contributed by atoms with Crippen molar-refractivity contribution in [3.05, 3.63) is 106 Å². The van der Waals surface area contributed by atoms with Crippen LogP contribution in [0.25, 0.3) is 0 Å². The highest BCUT2D eigenvalue weighted by atomic mass is 35.5. The molecule has 0 fully saturated rings. The second-order valence-electron chi connectivity index (χ2n) is 6.55. The number of nitriles is 1. The number of halogens is 1. The van der Waals surface area contributed by atoms with E-state index >= 15 is 0 Å². The van der Waals surface area contributed by atoms with Crippen LogP contribution in [-0.4, -0.2) is 11.9 Å². The van der Waals surface area contributed by atoms with Crippen molar-refractivity contribution in [1.82, 2.24) is 5.32 Å². The first kappa shape index (κ1) is 21.1. The summed E-state index contributed by atoms with van der Waals surface area (Å²) < 4.78 is 5.37. The van der Waals surface area contributed by atoms with Crippen molar-refractivity contribution in [2.45, 2.75) is 19.1 Å². The Morgan fingerprint density at radius 3 is 2.37 bits per heavy atom. The number of hydrogen-bond donors (Lipinski definition) is 1. The number of esters is 1. The molecule has 150 valence electrons. The Hall–Kier alpha value is -3.62. The molecule has 1 amide bonds. The minimum absolute atomic E-state index is 0.0114. The van der Waals surface area contributed by atoms with E-state index in [0.717, 1.165) is 5.56 Å². The van der Waals surface area contributed by atoms with Gasteiger partial charge in [-0.1, -0.05) is 72.3 Å². The maximum absolute atomic E-state index is 12.7. The maximum Gasteiger partial charge on any atom is 0.308 e. The second kappa shape index (κ2) is 10.2. The molecule has 5 nitrogen and oxygen atoms in total. The van der Waals surface area contributed by atoms with Crippen molar-refractivity contribution < 1.29 is 14.3 Å². The van der Waals surface area contributed by atoms with Crippen LogP contribution in [0.2, 0.25) is 5.02 Å². The van der Waals surface area contributed by atoms with E-state index in [2.05, 4.69) is 11.4 Å². The predicted octanol–water partition coefficient (Wildman–Crippen LogP) is 4.82. The second-order valence-corrected chi connectivity index (χ2v) is 6.96. The van der Waals surface area contributed by atoms with Crippen LogP contribution < -0.4 is 5.32 Å². The van der Waals surface area contributed by atoms with Gasteiger partial charge in [0.15, 0.2) is 0 Å². The van der Waals surface area contributed by atoms with E-state index in [-0.39, 0.29) is 18.9 Å². The van der Waals surface area contributed by atoms with Crippen LogP contribution in [0, 0.1) is 11.3 Å². The topological polar surface area (TPSA) is 79.2 Å². The molecule has 0 aromatic heterocycles. The number of nitrogens with zero attached hydrogens (tertiary/aromatic N) is 1. The van der Waals surface area contributed by atoms with E-state index in [0.29, 0.717) is 21.7 Å². The molecule has 1 atom stereocenters. The third kappa shape index (κ3) is 5.47. The Morgan fingerprint density at radius 1 is 0.967 bits per heavy atom. The van der Waals surface area contributed by atoms with Gasteiger partial charge in [-0.25, -0.2) is 0 Å². The molecule has 0 aliphatic rings. The minimum atomic E-state index is -0.589. The smallest absolute Gasteiger partial charge is 0.308 e. The number of ether oxygens (including phenoxy) is 1. The summed E-state index contributed by atoms with van der Waals surface area (Å²) in [5.74, 6) is -0.867. The lowest BCUT2D eigenvalue weighted by Gasteiger charge is -2.19. The normalized spacial score (nSPS) is 11.2. The summed E-state index contributed by atoms with van der Waals surface area (Å²) in [5.41, 5.74) is 2.19. The van der Waals surface area contributed by atoms with Crippen molar-refractivity contribution >= 4 is 23.5 Å². The first-order chi connectivity index (χ1) is 14.6. The third-order valence-electron chi connectivity index (χ3n) is 4.52. The Morgan fingerprint density at radius 2 is 1.63 bits per heavy atom. The molecule has 3 aromatic rings. The Kier molecular flexibility index (Phi) is 7.20. The average molecular weight is 419 g/mol. The zero-order valence-electron chi connectivity index (χ0n) is 16.0. The highest BCUT2D eigenvalue weighted by Gasteiger charge is 2.21. The standard InChI is InChI=1S/C24H19ClN2O3/c25-21-13-7-6-12-20(21)24(29)27-22(17-8-2-1-3-9-17)14-23(28)30-16-19-11-5-4-10-18(19)15-26/h1-13,22H,14,16H2,(H,27,29)/t22-/m0/s1. The highest BCUT2D eigenvalue weighted by molar-refractivity contribution is 6.33. The molecular formula is C24H19ClN2O3. The van der Waals surface area contributed by atoms with Crippen LogP contribution in [0.1, 0.15) is 39.5 Å². The summed E-state index contributed by atoms with van der Waals surface area (Å²) in [4.78, 5) is 25.2. The van der Waals surface area contributed by atoms with E-state index < -0.39 is 12.0 Å². The molecule has 1 N–H and O–H groups in total. The lowest BCUT2D eigenvalue weighted by Crippen LogP contribution is -2.30. The predicted molar refractivity (Wildman–Crippen MR) is 114 cm³/mol. The van der Waals surface area contributed by atoms with Crippen LogP contribution in [-0.2, 0) is 16.1 Å². The van der Waals surface area contributed by atoms with Crippen molar-refractivity contribution in [1.29, 1.82) is 5.26 Å². The number of carbonyl (C=O) groups is 2. The van der Waals surface area contributed by atoms with Gasteiger partial charge >= 0.3 is 5.97 Å². The average Bonchev–Trinajstić information content (AvgIpc) is 2.78. The zero-order valence-corrected chi connectivity index (χ0v) is 16.8. The van der Waals surface area contributed by atoms with Crippen molar-refractivity contribution in [2.75, 3.05) is 0 Å². The molecule has 0 aliphatic heterocycles. The molecule has 30 heavy (non-hydrogen) atoms. The number of nitrogens with one attached hydrogen (secondary N) is 1. The number of carbonyl (C=O) groups excluding carboxylic acids is 2. The van der Waals surface area contributed by atoms with Gasteiger partial charge in [0.1, 0.15) is 6.61 Å². The van der Waals surface area contributed by atoms with Gasteiger partial charge in [0.05, 0.1) is 34.7 Å². The Bertz CT molecular complexity index is 1080. The first-order valence-corrected chi connectivity index (χ1v) is 9.70. The van der Waals surface area contributed by atoms with Crippen molar-refractivity contribution in [3.8, 4) is 6.07 Å². The van der Waals surface area contributed by atoms with Crippen LogP contribution in [0.5, 0.6) is 0 Å². The minimum Gasteiger partial charge on any atom is -0.461 e. The molecule has 0 radical (unpaired) electrons. The molecule has 0 saturated heterocycles. The summed E-state index contributed by atoms with van der Waals surface area (Å²) in [6.45, 7) is -0.0114.